The van der Waals surface area contributed by atoms with Crippen LogP contribution in [0.25, 0.3) is 0 Å². The Morgan fingerprint density at radius 2 is 2.22 bits per heavy atom. The molecular weight excluding hydrogens is 338 g/mol. The lowest BCUT2D eigenvalue weighted by atomic mass is 10.2. The Labute approximate surface area is 116 Å². The Morgan fingerprint density at radius 1 is 1.44 bits per heavy atom. The Kier molecular flexibility index (Phi) is 3.65. The van der Waals surface area contributed by atoms with E-state index in [-0.39, 0.29) is 15.6 Å². The summed E-state index contributed by atoms with van der Waals surface area (Å²) in [6, 6.07) is 7.69. The third-order valence-electron chi connectivity index (χ3n) is 1.97. The van der Waals surface area contributed by atoms with Crippen molar-refractivity contribution in [3.8, 4) is 6.07 Å². The SMILES string of the molecule is N#Cc1cccc(S(=O)(=O)Nc2ncc(Br)s2)c1. The number of thiazole rings is 1. The topological polar surface area (TPSA) is 82.8 Å². The highest BCUT2D eigenvalue weighted by Gasteiger charge is 2.16. The molecular formula is C10H6BrN3O2S2. The van der Waals surface area contributed by atoms with Crippen molar-refractivity contribution in [2.24, 2.45) is 0 Å². The van der Waals surface area contributed by atoms with Gasteiger partial charge in [-0.15, -0.1) is 0 Å². The van der Waals surface area contributed by atoms with Gasteiger partial charge < -0.3 is 0 Å². The Morgan fingerprint density at radius 3 is 2.83 bits per heavy atom. The summed E-state index contributed by atoms with van der Waals surface area (Å²) in [6.07, 6.45) is 1.51. The summed E-state index contributed by atoms with van der Waals surface area (Å²) in [4.78, 5) is 3.92. The number of anilines is 1. The van der Waals surface area contributed by atoms with E-state index in [4.69, 9.17) is 5.26 Å². The number of hydrogen-bond acceptors (Lipinski definition) is 5. The summed E-state index contributed by atoms with van der Waals surface area (Å²) in [5, 5.41) is 9.01. The minimum atomic E-state index is -3.71. The summed E-state index contributed by atoms with van der Waals surface area (Å²) in [5.41, 5.74) is 0.290. The zero-order chi connectivity index (χ0) is 13.2. The summed E-state index contributed by atoms with van der Waals surface area (Å²) in [7, 11) is -3.71. The predicted molar refractivity (Wildman–Crippen MR) is 71.8 cm³/mol. The van der Waals surface area contributed by atoms with Gasteiger partial charge in [0.15, 0.2) is 5.13 Å². The lowest BCUT2D eigenvalue weighted by Gasteiger charge is -2.04. The Hall–Kier alpha value is -1.43. The van der Waals surface area contributed by atoms with Crippen LogP contribution < -0.4 is 4.72 Å². The number of nitrogens with one attached hydrogen (secondary N) is 1. The molecule has 0 spiro atoms. The molecule has 0 amide bonds. The smallest absolute Gasteiger partial charge is 0.255 e. The molecule has 0 fully saturated rings. The van der Waals surface area contributed by atoms with Gasteiger partial charge in [-0.3, -0.25) is 4.72 Å². The van der Waals surface area contributed by atoms with Crippen molar-refractivity contribution < 1.29 is 8.42 Å². The minimum absolute atomic E-state index is 0.0351. The van der Waals surface area contributed by atoms with E-state index in [1.807, 2.05) is 6.07 Å². The first-order chi connectivity index (χ1) is 8.51. The Balaban J connectivity index is 2.34. The summed E-state index contributed by atoms with van der Waals surface area (Å²) >= 11 is 4.37. The standard InChI is InChI=1S/C10H6BrN3O2S2/c11-9-6-13-10(17-9)14-18(15,16)8-3-1-2-7(4-8)5-12/h1-4,6H,(H,13,14). The van der Waals surface area contributed by atoms with E-state index in [1.165, 1.54) is 35.7 Å². The van der Waals surface area contributed by atoms with Gasteiger partial charge in [0.1, 0.15) is 0 Å². The van der Waals surface area contributed by atoms with E-state index in [1.54, 1.807) is 6.07 Å². The monoisotopic (exact) mass is 343 g/mol. The molecule has 1 aromatic carbocycles. The second-order valence-electron chi connectivity index (χ2n) is 3.21. The summed E-state index contributed by atoms with van der Waals surface area (Å²) in [5.74, 6) is 0. The van der Waals surface area contributed by atoms with Gasteiger partial charge in [-0.2, -0.15) is 5.26 Å². The van der Waals surface area contributed by atoms with Crippen LogP contribution in [0.2, 0.25) is 0 Å². The van der Waals surface area contributed by atoms with Gasteiger partial charge in [0.05, 0.1) is 26.5 Å². The zero-order valence-corrected chi connectivity index (χ0v) is 12.0. The molecule has 0 aliphatic carbocycles. The van der Waals surface area contributed by atoms with Gasteiger partial charge in [-0.1, -0.05) is 17.4 Å². The molecule has 1 aromatic heterocycles. The zero-order valence-electron chi connectivity index (χ0n) is 8.79. The van der Waals surface area contributed by atoms with Gasteiger partial charge in [0.25, 0.3) is 10.0 Å². The molecule has 0 saturated heterocycles. The average Bonchev–Trinajstić information content (AvgIpc) is 2.74. The Bertz CT molecular complexity index is 719. The molecule has 8 heteroatoms. The molecule has 1 N–H and O–H groups in total. The molecule has 18 heavy (non-hydrogen) atoms. The fourth-order valence-corrected chi connectivity index (χ4v) is 3.60. The number of halogens is 1. The summed E-state index contributed by atoms with van der Waals surface area (Å²) < 4.78 is 27.1. The maximum atomic E-state index is 12.0. The highest BCUT2D eigenvalue weighted by atomic mass is 79.9. The van der Waals surface area contributed by atoms with E-state index in [9.17, 15) is 8.42 Å². The van der Waals surface area contributed by atoms with Crippen LogP contribution in [0.3, 0.4) is 0 Å². The molecule has 0 aliphatic rings. The number of benzene rings is 1. The van der Waals surface area contributed by atoms with Crippen LogP contribution in [0, 0.1) is 11.3 Å². The lowest BCUT2D eigenvalue weighted by Crippen LogP contribution is -2.12. The number of rotatable bonds is 3. The molecule has 2 rings (SSSR count). The molecule has 0 aliphatic heterocycles. The first kappa shape index (κ1) is 13.0. The molecule has 1 heterocycles. The van der Waals surface area contributed by atoms with Crippen LogP contribution in [0.1, 0.15) is 5.56 Å². The highest BCUT2D eigenvalue weighted by Crippen LogP contribution is 2.25. The minimum Gasteiger partial charge on any atom is -0.255 e. The average molecular weight is 344 g/mol. The molecule has 0 saturated carbocycles. The van der Waals surface area contributed by atoms with Gasteiger partial charge in [0, 0.05) is 0 Å². The maximum Gasteiger partial charge on any atom is 0.263 e. The van der Waals surface area contributed by atoms with E-state index in [2.05, 4.69) is 25.6 Å². The van der Waals surface area contributed by atoms with Crippen LogP contribution in [-0.4, -0.2) is 13.4 Å². The normalized spacial score (nSPS) is 10.9. The second-order valence-corrected chi connectivity index (χ2v) is 7.31. The van der Waals surface area contributed by atoms with Gasteiger partial charge in [-0.05, 0) is 34.1 Å². The van der Waals surface area contributed by atoms with E-state index >= 15 is 0 Å². The van der Waals surface area contributed by atoms with Crippen molar-refractivity contribution in [2.45, 2.75) is 4.90 Å². The van der Waals surface area contributed by atoms with Crippen LogP contribution in [-0.2, 0) is 10.0 Å². The van der Waals surface area contributed by atoms with Crippen molar-refractivity contribution in [2.75, 3.05) is 4.72 Å². The van der Waals surface area contributed by atoms with Crippen molar-refractivity contribution in [1.29, 1.82) is 5.26 Å². The number of hydrogen-bond donors (Lipinski definition) is 1. The van der Waals surface area contributed by atoms with Crippen molar-refractivity contribution in [1.82, 2.24) is 4.98 Å². The molecule has 0 atom stereocenters. The highest BCUT2D eigenvalue weighted by molar-refractivity contribution is 9.11. The first-order valence-corrected chi connectivity index (χ1v) is 7.75. The quantitative estimate of drug-likeness (QED) is 0.928. The molecule has 2 aromatic rings. The largest absolute Gasteiger partial charge is 0.263 e. The van der Waals surface area contributed by atoms with E-state index < -0.39 is 10.0 Å². The van der Waals surface area contributed by atoms with Crippen LogP contribution >= 0.6 is 27.3 Å². The molecule has 0 bridgehead atoms. The van der Waals surface area contributed by atoms with Crippen molar-refractivity contribution >= 4 is 42.4 Å². The molecule has 92 valence electrons. The third kappa shape index (κ3) is 2.87. The first-order valence-electron chi connectivity index (χ1n) is 4.65. The molecule has 0 unspecified atom stereocenters. The van der Waals surface area contributed by atoms with Gasteiger partial charge in [-0.25, -0.2) is 13.4 Å². The molecule has 0 radical (unpaired) electrons. The maximum absolute atomic E-state index is 12.0. The molecule has 5 nitrogen and oxygen atoms in total. The van der Waals surface area contributed by atoms with Crippen LogP contribution in [0.4, 0.5) is 5.13 Å². The third-order valence-corrected chi connectivity index (χ3v) is 4.83. The fourth-order valence-electron chi connectivity index (χ4n) is 1.21. The number of nitrogens with zero attached hydrogens (tertiary/aromatic N) is 2. The second kappa shape index (κ2) is 5.06. The lowest BCUT2D eigenvalue weighted by molar-refractivity contribution is 0.601. The van der Waals surface area contributed by atoms with E-state index in [0.29, 0.717) is 0 Å². The van der Waals surface area contributed by atoms with Crippen LogP contribution in [0.15, 0.2) is 39.1 Å². The number of sulfonamides is 1. The van der Waals surface area contributed by atoms with Crippen molar-refractivity contribution in [3.05, 3.63) is 39.8 Å². The van der Waals surface area contributed by atoms with E-state index in [0.717, 1.165) is 3.79 Å². The number of nitriles is 1. The predicted octanol–water partition coefficient (Wildman–Crippen LogP) is 2.58. The van der Waals surface area contributed by atoms with Gasteiger partial charge in [0.2, 0.25) is 0 Å². The fraction of sp³-hybridized carbons (Fsp3) is 0. The van der Waals surface area contributed by atoms with Gasteiger partial charge >= 0.3 is 0 Å². The number of aromatic nitrogens is 1. The van der Waals surface area contributed by atoms with Crippen LogP contribution in [0.5, 0.6) is 0 Å². The summed E-state index contributed by atoms with van der Waals surface area (Å²) in [6.45, 7) is 0. The van der Waals surface area contributed by atoms with Crippen molar-refractivity contribution in [3.63, 3.8) is 0 Å².